The molecule has 0 unspecified atom stereocenters. The van der Waals surface area contributed by atoms with E-state index in [1.807, 2.05) is 0 Å². The van der Waals surface area contributed by atoms with Crippen molar-refractivity contribution >= 4 is 92.1 Å². The van der Waals surface area contributed by atoms with E-state index in [1.165, 1.54) is 49.6 Å². The molecule has 8 N–H and O–H groups in total. The monoisotopic (exact) mass is 838 g/mol. The number of nitrogens with one attached hydrogen (secondary N) is 2. The Kier molecular flexibility index (Phi) is 10.5. The Morgan fingerprint density at radius 1 is 0.579 bits per heavy atom. The van der Waals surface area contributed by atoms with E-state index in [-0.39, 0.29) is 38.6 Å². The van der Waals surface area contributed by atoms with E-state index >= 15 is 0 Å². The number of phenolic OH excluding ortho intramolecular Hbond substituents is 3. The summed E-state index contributed by atoms with van der Waals surface area (Å²) < 4.78 is 107. The van der Waals surface area contributed by atoms with Gasteiger partial charge >= 0.3 is 6.03 Å². The molecule has 0 bridgehead atoms. The SMILES string of the molecule is COc1ccccc1N=Nc1c(S(=O)(=O)O)cc2cc(NC(=O)Nc3ccc4c(O)c(N=Nc5cc(S(=O)(=O)O)ccc5O)c(S(=O)(=O)O)cc4c3)ccc2c1O. The largest absolute Gasteiger partial charge is 0.506 e. The maximum Gasteiger partial charge on any atom is 0.323 e. The summed E-state index contributed by atoms with van der Waals surface area (Å²) in [6.45, 7) is 0. The average Bonchev–Trinajstić information content (AvgIpc) is 3.13. The van der Waals surface area contributed by atoms with Gasteiger partial charge in [-0.2, -0.15) is 25.3 Å². The molecule has 0 radical (unpaired) electrons. The van der Waals surface area contributed by atoms with Crippen LogP contribution in [-0.2, 0) is 30.4 Å². The van der Waals surface area contributed by atoms with Gasteiger partial charge < -0.3 is 30.7 Å². The number of amides is 2. The molecule has 23 heteroatoms. The van der Waals surface area contributed by atoms with E-state index < -0.39 is 85.4 Å². The summed E-state index contributed by atoms with van der Waals surface area (Å²) in [5.41, 5.74) is -1.58. The highest BCUT2D eigenvalue weighted by atomic mass is 32.2. The number of hydrogen-bond donors (Lipinski definition) is 8. The van der Waals surface area contributed by atoms with Crippen molar-refractivity contribution in [2.75, 3.05) is 17.7 Å². The number of methoxy groups -OCH3 is 1. The lowest BCUT2D eigenvalue weighted by atomic mass is 10.1. The molecule has 0 aromatic heterocycles. The standard InChI is InChI=1S/C34H26N6O14S3/c1-54-27-5-3-2-4-24(27)37-39-30-28(56(48,49)50)14-17-12-19(6-9-22(17)32(30)42)35-34(44)36-20-7-10-23-18(13-20)15-29(57(51,52)53)31(33(23)43)40-38-25-16-21(55(45,46)47)8-11-26(25)41/h2-16,41-43H,1H3,(H2,35,36,44)(H,45,46,47)(H,48,49,50)(H,51,52,53). The summed E-state index contributed by atoms with van der Waals surface area (Å²) in [4.78, 5) is 10.6. The summed E-state index contributed by atoms with van der Waals surface area (Å²) >= 11 is 0. The van der Waals surface area contributed by atoms with Crippen LogP contribution in [0.2, 0.25) is 0 Å². The molecule has 294 valence electrons. The Labute approximate surface area is 321 Å². The van der Waals surface area contributed by atoms with Crippen molar-refractivity contribution in [3.05, 3.63) is 91.0 Å². The smallest absolute Gasteiger partial charge is 0.323 e. The lowest BCUT2D eigenvalue weighted by Gasteiger charge is -2.13. The summed E-state index contributed by atoms with van der Waals surface area (Å²) in [7, 11) is -13.4. The first-order chi connectivity index (χ1) is 26.7. The Hall–Kier alpha value is -6.76. The van der Waals surface area contributed by atoms with E-state index in [0.717, 1.165) is 30.3 Å². The van der Waals surface area contributed by atoms with Crippen LogP contribution in [0.25, 0.3) is 21.5 Å². The van der Waals surface area contributed by atoms with Gasteiger partial charge in [0.2, 0.25) is 0 Å². The van der Waals surface area contributed by atoms with Gasteiger partial charge in [0.25, 0.3) is 30.4 Å². The molecule has 6 aromatic rings. The van der Waals surface area contributed by atoms with Crippen molar-refractivity contribution in [1.82, 2.24) is 0 Å². The number of anilines is 2. The maximum atomic E-state index is 13.0. The first-order valence-electron chi connectivity index (χ1n) is 15.6. The summed E-state index contributed by atoms with van der Waals surface area (Å²) in [5, 5.41) is 52.1. The number of carbonyl (C=O) groups excluding carboxylic acids is 1. The topological polar surface area (TPSA) is 324 Å². The Morgan fingerprint density at radius 2 is 1.07 bits per heavy atom. The van der Waals surface area contributed by atoms with Crippen LogP contribution >= 0.6 is 0 Å². The number of phenols is 3. The number of azo groups is 2. The van der Waals surface area contributed by atoms with Gasteiger partial charge in [-0.3, -0.25) is 13.7 Å². The molecule has 57 heavy (non-hydrogen) atoms. The van der Waals surface area contributed by atoms with Gasteiger partial charge in [0, 0.05) is 22.1 Å². The number of benzene rings is 6. The number of urea groups is 1. The first-order valence-corrected chi connectivity index (χ1v) is 20.0. The van der Waals surface area contributed by atoms with E-state index in [9.17, 15) is 59.0 Å². The van der Waals surface area contributed by atoms with Gasteiger partial charge in [-0.15, -0.1) is 20.5 Å². The highest BCUT2D eigenvalue weighted by Gasteiger charge is 2.24. The maximum absolute atomic E-state index is 13.0. The van der Waals surface area contributed by atoms with E-state index in [0.29, 0.717) is 5.75 Å². The molecule has 6 rings (SSSR count). The van der Waals surface area contributed by atoms with Gasteiger partial charge in [-0.1, -0.05) is 12.1 Å². The van der Waals surface area contributed by atoms with Gasteiger partial charge in [0.05, 0.1) is 12.0 Å². The highest BCUT2D eigenvalue weighted by Crippen LogP contribution is 2.44. The molecule has 0 heterocycles. The zero-order valence-corrected chi connectivity index (χ0v) is 31.1. The molecule has 0 aliphatic rings. The predicted molar refractivity (Wildman–Crippen MR) is 203 cm³/mol. The fraction of sp³-hybridized carbons (Fsp3) is 0.0294. The molecule has 0 aliphatic heterocycles. The van der Waals surface area contributed by atoms with Crippen molar-refractivity contribution in [3.8, 4) is 23.0 Å². The van der Waals surface area contributed by atoms with Crippen LogP contribution < -0.4 is 15.4 Å². The van der Waals surface area contributed by atoms with E-state index in [1.54, 1.807) is 18.2 Å². The van der Waals surface area contributed by atoms with Crippen molar-refractivity contribution in [3.63, 3.8) is 0 Å². The van der Waals surface area contributed by atoms with Crippen LogP contribution in [-0.4, -0.2) is 67.4 Å². The van der Waals surface area contributed by atoms with Crippen LogP contribution in [0.3, 0.4) is 0 Å². The van der Waals surface area contributed by atoms with Gasteiger partial charge in [0.1, 0.15) is 44.0 Å². The second kappa shape index (κ2) is 15.1. The number of ether oxygens (including phenoxy) is 1. The third-order valence-corrected chi connectivity index (χ3v) is 10.6. The van der Waals surface area contributed by atoms with Crippen molar-refractivity contribution in [1.29, 1.82) is 0 Å². The molecule has 0 fully saturated rings. The molecular formula is C34H26N6O14S3. The molecule has 0 spiro atoms. The second-order valence-corrected chi connectivity index (χ2v) is 15.9. The van der Waals surface area contributed by atoms with Crippen molar-refractivity contribution in [2.45, 2.75) is 14.7 Å². The minimum absolute atomic E-state index is 0.0364. The predicted octanol–water partition coefficient (Wildman–Crippen LogP) is 7.33. The van der Waals surface area contributed by atoms with Gasteiger partial charge in [-0.05, 0) is 89.6 Å². The zero-order chi connectivity index (χ0) is 41.4. The molecule has 0 aliphatic carbocycles. The summed E-state index contributed by atoms with van der Waals surface area (Å²) in [6, 6.07) is 17.6. The first kappa shape index (κ1) is 39.9. The van der Waals surface area contributed by atoms with Crippen LogP contribution in [0.1, 0.15) is 0 Å². The number of carbonyl (C=O) groups is 1. The number of aromatic hydroxyl groups is 3. The molecule has 2 amide bonds. The van der Waals surface area contributed by atoms with Crippen molar-refractivity contribution in [2.24, 2.45) is 20.5 Å². The Bertz CT molecular complexity index is 3050. The van der Waals surface area contributed by atoms with Crippen LogP contribution in [0.4, 0.5) is 38.9 Å². The van der Waals surface area contributed by atoms with Crippen LogP contribution in [0, 0.1) is 0 Å². The minimum Gasteiger partial charge on any atom is -0.506 e. The van der Waals surface area contributed by atoms with E-state index in [2.05, 4.69) is 31.1 Å². The zero-order valence-electron chi connectivity index (χ0n) is 28.6. The van der Waals surface area contributed by atoms with Gasteiger partial charge in [0.15, 0.2) is 11.5 Å². The third-order valence-electron chi connectivity index (χ3n) is 8.02. The fourth-order valence-electron chi connectivity index (χ4n) is 5.40. The lowest BCUT2D eigenvalue weighted by Crippen LogP contribution is -2.19. The number of rotatable bonds is 10. The minimum atomic E-state index is -5.12. The van der Waals surface area contributed by atoms with Crippen LogP contribution in [0.15, 0.2) is 126 Å². The number of fused-ring (bicyclic) bond motifs is 2. The number of nitrogens with zero attached hydrogens (tertiary/aromatic N) is 4. The van der Waals surface area contributed by atoms with Crippen molar-refractivity contribution < 1.29 is 63.8 Å². The third kappa shape index (κ3) is 8.57. The molecule has 6 aromatic carbocycles. The number of para-hydroxylation sites is 1. The molecule has 0 atom stereocenters. The molecular weight excluding hydrogens is 813 g/mol. The summed E-state index contributed by atoms with van der Waals surface area (Å²) in [5.74, 6) is -1.79. The molecule has 0 saturated carbocycles. The van der Waals surface area contributed by atoms with Crippen LogP contribution in [0.5, 0.6) is 23.0 Å². The Morgan fingerprint density at radius 3 is 1.54 bits per heavy atom. The fourth-order valence-corrected chi connectivity index (χ4v) is 7.22. The molecule has 20 nitrogen and oxygen atoms in total. The molecule has 0 saturated heterocycles. The average molecular weight is 839 g/mol. The number of hydrogen-bond acceptors (Lipinski definition) is 15. The normalized spacial score (nSPS) is 12.4. The lowest BCUT2D eigenvalue weighted by molar-refractivity contribution is 0.262. The highest BCUT2D eigenvalue weighted by molar-refractivity contribution is 7.86. The summed E-state index contributed by atoms with van der Waals surface area (Å²) in [6.07, 6.45) is 0. The van der Waals surface area contributed by atoms with E-state index in [4.69, 9.17) is 4.74 Å². The Balaban J connectivity index is 1.29. The second-order valence-electron chi connectivity index (χ2n) is 11.7. The van der Waals surface area contributed by atoms with Gasteiger partial charge in [-0.25, -0.2) is 4.79 Å². The quantitative estimate of drug-likeness (QED) is 0.0494.